The maximum Gasteiger partial charge on any atom is 0.327 e. The molecule has 0 unspecified atom stereocenters. The van der Waals surface area contributed by atoms with E-state index in [0.717, 1.165) is 10.9 Å². The first-order valence-corrected chi connectivity index (χ1v) is 11.5. The van der Waals surface area contributed by atoms with Gasteiger partial charge in [-0.25, -0.2) is 9.69 Å². The topological polar surface area (TPSA) is 78.9 Å². The summed E-state index contributed by atoms with van der Waals surface area (Å²) in [5.41, 5.74) is 0.524. The number of hydrogen-bond acceptors (Lipinski definition) is 4. The number of benzene rings is 1. The van der Waals surface area contributed by atoms with E-state index in [-0.39, 0.29) is 23.4 Å². The third kappa shape index (κ3) is 4.46. The van der Waals surface area contributed by atoms with Crippen molar-refractivity contribution in [2.75, 3.05) is 13.3 Å². The van der Waals surface area contributed by atoms with Crippen molar-refractivity contribution in [3.63, 3.8) is 0 Å². The number of ether oxygens (including phenoxy) is 1. The van der Waals surface area contributed by atoms with Crippen LogP contribution in [0, 0.1) is 0 Å². The van der Waals surface area contributed by atoms with Crippen molar-refractivity contribution >= 4 is 31.6 Å². The van der Waals surface area contributed by atoms with Crippen molar-refractivity contribution in [2.24, 2.45) is 0 Å². The number of carbonyl (C=O) groups is 2. The summed E-state index contributed by atoms with van der Waals surface area (Å²) in [4.78, 5) is 25.4. The SMILES string of the molecule is C[Si](C)(C)CCOCN1C(=O)N[C@@H](c2ccc(O)c(Cl)c2)C1=O. The van der Waals surface area contributed by atoms with Crippen LogP contribution in [0.3, 0.4) is 0 Å². The van der Waals surface area contributed by atoms with Gasteiger partial charge in [-0.15, -0.1) is 0 Å². The second-order valence-electron chi connectivity index (χ2n) is 6.71. The van der Waals surface area contributed by atoms with Crippen LogP contribution in [-0.4, -0.2) is 43.4 Å². The number of urea groups is 1. The van der Waals surface area contributed by atoms with Crippen molar-refractivity contribution in [3.8, 4) is 5.75 Å². The summed E-state index contributed by atoms with van der Waals surface area (Å²) in [6.07, 6.45) is 0. The molecule has 2 N–H and O–H groups in total. The smallest absolute Gasteiger partial charge is 0.327 e. The Morgan fingerprint density at radius 1 is 1.35 bits per heavy atom. The van der Waals surface area contributed by atoms with Crippen LogP contribution in [0.5, 0.6) is 5.75 Å². The minimum Gasteiger partial charge on any atom is -0.506 e. The van der Waals surface area contributed by atoms with Gasteiger partial charge >= 0.3 is 6.03 Å². The third-order valence-corrected chi connectivity index (χ3v) is 5.55. The van der Waals surface area contributed by atoms with E-state index in [1.165, 1.54) is 12.1 Å². The van der Waals surface area contributed by atoms with Crippen LogP contribution in [0.1, 0.15) is 11.6 Å². The molecular formula is C15H21ClN2O4Si. The lowest BCUT2D eigenvalue weighted by molar-refractivity contribution is -0.131. The van der Waals surface area contributed by atoms with Crippen molar-refractivity contribution in [1.82, 2.24) is 10.2 Å². The van der Waals surface area contributed by atoms with E-state index in [4.69, 9.17) is 16.3 Å². The van der Waals surface area contributed by atoms with E-state index < -0.39 is 20.1 Å². The van der Waals surface area contributed by atoms with E-state index in [9.17, 15) is 14.7 Å². The molecule has 1 heterocycles. The molecule has 1 aromatic carbocycles. The Bertz CT molecular complexity index is 618. The Hall–Kier alpha value is -1.57. The summed E-state index contributed by atoms with van der Waals surface area (Å²) in [5.74, 6) is -0.455. The van der Waals surface area contributed by atoms with Gasteiger partial charge in [-0.3, -0.25) is 4.79 Å². The summed E-state index contributed by atoms with van der Waals surface area (Å²) in [6, 6.07) is 4.09. The zero-order valence-electron chi connectivity index (χ0n) is 13.4. The van der Waals surface area contributed by atoms with Gasteiger partial charge < -0.3 is 15.2 Å². The Balaban J connectivity index is 1.98. The number of aromatic hydroxyl groups is 1. The summed E-state index contributed by atoms with van der Waals surface area (Å²) in [7, 11) is -1.21. The molecule has 0 radical (unpaired) electrons. The summed E-state index contributed by atoms with van der Waals surface area (Å²) in [5, 5.41) is 12.2. The van der Waals surface area contributed by atoms with Gasteiger partial charge in [-0.05, 0) is 23.7 Å². The van der Waals surface area contributed by atoms with Crippen LogP contribution in [0.4, 0.5) is 4.79 Å². The molecule has 0 aliphatic carbocycles. The lowest BCUT2D eigenvalue weighted by Crippen LogP contribution is -2.34. The molecule has 1 aromatic rings. The largest absolute Gasteiger partial charge is 0.506 e. The maximum atomic E-state index is 12.4. The number of phenolic OH excluding ortho intramolecular Hbond substituents is 1. The Morgan fingerprint density at radius 2 is 2.04 bits per heavy atom. The fraction of sp³-hybridized carbons (Fsp3) is 0.467. The van der Waals surface area contributed by atoms with E-state index in [1.54, 1.807) is 6.07 Å². The van der Waals surface area contributed by atoms with Crippen LogP contribution in [-0.2, 0) is 9.53 Å². The zero-order chi connectivity index (χ0) is 17.2. The predicted octanol–water partition coefficient (Wildman–Crippen LogP) is 2.95. The van der Waals surface area contributed by atoms with Crippen molar-refractivity contribution in [3.05, 3.63) is 28.8 Å². The lowest BCUT2D eigenvalue weighted by atomic mass is 10.1. The van der Waals surface area contributed by atoms with Gasteiger partial charge in [0, 0.05) is 14.7 Å². The predicted molar refractivity (Wildman–Crippen MR) is 90.2 cm³/mol. The number of amides is 3. The Labute approximate surface area is 141 Å². The number of phenols is 1. The zero-order valence-corrected chi connectivity index (χ0v) is 15.2. The van der Waals surface area contributed by atoms with E-state index in [0.29, 0.717) is 12.2 Å². The quantitative estimate of drug-likeness (QED) is 0.466. The van der Waals surface area contributed by atoms with Crippen molar-refractivity contribution in [2.45, 2.75) is 31.7 Å². The van der Waals surface area contributed by atoms with Crippen molar-refractivity contribution in [1.29, 1.82) is 0 Å². The standard InChI is InChI=1S/C15H21ClN2O4Si/c1-23(2,3)7-6-22-9-18-14(20)13(17-15(18)21)10-4-5-12(19)11(16)8-10/h4-5,8,13,19H,6-7,9H2,1-3H3,(H,17,21)/t13-/m0/s1. The first kappa shape index (κ1) is 17.8. The van der Waals surface area contributed by atoms with Gasteiger partial charge in [-0.2, -0.15) is 0 Å². The molecule has 1 saturated heterocycles. The molecule has 2 rings (SSSR count). The molecule has 8 heteroatoms. The van der Waals surface area contributed by atoms with Gasteiger partial charge in [0.2, 0.25) is 0 Å². The molecule has 1 aliphatic heterocycles. The molecule has 1 atom stereocenters. The second-order valence-corrected chi connectivity index (χ2v) is 12.7. The molecular weight excluding hydrogens is 336 g/mol. The highest BCUT2D eigenvalue weighted by atomic mass is 35.5. The highest BCUT2D eigenvalue weighted by molar-refractivity contribution is 6.76. The van der Waals surface area contributed by atoms with Crippen LogP contribution in [0.15, 0.2) is 18.2 Å². The first-order valence-electron chi connectivity index (χ1n) is 7.37. The Morgan fingerprint density at radius 3 is 2.65 bits per heavy atom. The average Bonchev–Trinajstić information content (AvgIpc) is 2.73. The molecule has 1 fully saturated rings. The highest BCUT2D eigenvalue weighted by Crippen LogP contribution is 2.29. The number of rotatable bonds is 6. The molecule has 0 aromatic heterocycles. The molecule has 23 heavy (non-hydrogen) atoms. The number of nitrogens with one attached hydrogen (secondary N) is 1. The van der Waals surface area contributed by atoms with Gasteiger partial charge in [-0.1, -0.05) is 37.3 Å². The fourth-order valence-electron chi connectivity index (χ4n) is 2.10. The highest BCUT2D eigenvalue weighted by Gasteiger charge is 2.39. The Kier molecular flexibility index (Phi) is 5.33. The van der Waals surface area contributed by atoms with Crippen LogP contribution in [0.25, 0.3) is 0 Å². The van der Waals surface area contributed by atoms with Gasteiger partial charge in [0.25, 0.3) is 5.91 Å². The molecule has 0 bridgehead atoms. The molecule has 3 amide bonds. The number of nitrogens with zero attached hydrogens (tertiary/aromatic N) is 1. The van der Waals surface area contributed by atoms with E-state index >= 15 is 0 Å². The fourth-order valence-corrected chi connectivity index (χ4v) is 3.05. The minimum atomic E-state index is -1.21. The summed E-state index contributed by atoms with van der Waals surface area (Å²) >= 11 is 5.85. The summed E-state index contributed by atoms with van der Waals surface area (Å²) in [6.45, 7) is 7.16. The van der Waals surface area contributed by atoms with E-state index in [2.05, 4.69) is 25.0 Å². The normalized spacial score (nSPS) is 18.4. The third-order valence-electron chi connectivity index (χ3n) is 3.55. The van der Waals surface area contributed by atoms with Crippen LogP contribution >= 0.6 is 11.6 Å². The lowest BCUT2D eigenvalue weighted by Gasteiger charge is -2.17. The van der Waals surface area contributed by atoms with Gasteiger partial charge in [0.1, 0.15) is 18.5 Å². The molecule has 0 saturated carbocycles. The molecule has 1 aliphatic rings. The van der Waals surface area contributed by atoms with E-state index in [1.807, 2.05) is 0 Å². The van der Waals surface area contributed by atoms with Gasteiger partial charge in [0.15, 0.2) is 0 Å². The second kappa shape index (κ2) is 6.90. The number of halogens is 1. The average molecular weight is 357 g/mol. The van der Waals surface area contributed by atoms with Crippen molar-refractivity contribution < 1.29 is 19.4 Å². The van der Waals surface area contributed by atoms with Gasteiger partial charge in [0.05, 0.1) is 5.02 Å². The first-order chi connectivity index (χ1) is 10.7. The molecule has 126 valence electrons. The maximum absolute atomic E-state index is 12.4. The molecule has 0 spiro atoms. The monoisotopic (exact) mass is 356 g/mol. The van der Waals surface area contributed by atoms with Crippen LogP contribution in [0.2, 0.25) is 30.7 Å². The number of hydrogen-bond donors (Lipinski definition) is 2. The minimum absolute atomic E-state index is 0.0581. The number of imide groups is 1. The van der Waals surface area contributed by atoms with Crippen LogP contribution < -0.4 is 5.32 Å². The number of carbonyl (C=O) groups excluding carboxylic acids is 2. The molecule has 6 nitrogen and oxygen atoms in total. The summed E-state index contributed by atoms with van der Waals surface area (Å²) < 4.78 is 5.47.